The number of nitrogens with zero attached hydrogens (tertiary/aromatic N) is 1. The molecule has 1 aliphatic carbocycles. The fraction of sp³-hybridized carbons (Fsp3) is 0.357. The largest absolute Gasteiger partial charge is 0.347 e. The molecule has 2 nitrogen and oxygen atoms in total. The molecule has 82 valence electrons. The van der Waals surface area contributed by atoms with Gasteiger partial charge in [-0.1, -0.05) is 18.2 Å². The number of Topliss-reactive ketones (excluding diaryl/α,β-unsaturated/α-hetero) is 1. The highest BCUT2D eigenvalue weighted by atomic mass is 16.1. The molecule has 0 spiro atoms. The van der Waals surface area contributed by atoms with Gasteiger partial charge in [-0.3, -0.25) is 4.79 Å². The molecule has 0 aliphatic heterocycles. The van der Waals surface area contributed by atoms with E-state index in [1.54, 1.807) is 0 Å². The lowest BCUT2D eigenvalue weighted by Crippen LogP contribution is -2.03. The van der Waals surface area contributed by atoms with E-state index >= 15 is 0 Å². The van der Waals surface area contributed by atoms with E-state index in [2.05, 4.69) is 16.7 Å². The number of hydrogen-bond acceptors (Lipinski definition) is 1. The zero-order valence-electron chi connectivity index (χ0n) is 9.66. The van der Waals surface area contributed by atoms with Crippen LogP contribution in [0.5, 0.6) is 0 Å². The molecule has 0 radical (unpaired) electrons. The molecule has 1 heterocycles. The number of benzene rings is 1. The van der Waals surface area contributed by atoms with E-state index in [1.165, 1.54) is 0 Å². The van der Waals surface area contributed by atoms with Gasteiger partial charge in [0.2, 0.25) is 0 Å². The molecule has 0 atom stereocenters. The van der Waals surface area contributed by atoms with Crippen molar-refractivity contribution in [2.24, 2.45) is 13.0 Å². The van der Waals surface area contributed by atoms with Gasteiger partial charge in [0.15, 0.2) is 5.78 Å². The van der Waals surface area contributed by atoms with Crippen molar-refractivity contribution in [2.45, 2.75) is 19.8 Å². The summed E-state index contributed by atoms with van der Waals surface area (Å²) in [5.41, 5.74) is 3.20. The van der Waals surface area contributed by atoms with E-state index in [0.717, 1.165) is 35.0 Å². The molecule has 0 saturated heterocycles. The van der Waals surface area contributed by atoms with Crippen molar-refractivity contribution in [1.82, 2.24) is 4.57 Å². The number of rotatable bonds is 2. The van der Waals surface area contributed by atoms with Crippen LogP contribution in [0, 0.1) is 12.8 Å². The predicted molar refractivity (Wildman–Crippen MR) is 64.7 cm³/mol. The maximum absolute atomic E-state index is 12.2. The van der Waals surface area contributed by atoms with E-state index in [-0.39, 0.29) is 0 Å². The van der Waals surface area contributed by atoms with Crippen molar-refractivity contribution in [1.29, 1.82) is 0 Å². The SMILES string of the molecule is Cc1c(C(=O)C2CC2)c2ccccc2n1C. The van der Waals surface area contributed by atoms with Gasteiger partial charge in [0.05, 0.1) is 0 Å². The number of aryl methyl sites for hydroxylation is 1. The predicted octanol–water partition coefficient (Wildman–Crippen LogP) is 3.08. The summed E-state index contributed by atoms with van der Waals surface area (Å²) in [6.07, 6.45) is 2.14. The second-order valence-electron chi connectivity index (χ2n) is 4.68. The monoisotopic (exact) mass is 213 g/mol. The fourth-order valence-electron chi connectivity index (χ4n) is 2.38. The Morgan fingerprint density at radius 3 is 2.69 bits per heavy atom. The third-order valence-electron chi connectivity index (χ3n) is 3.59. The molecular formula is C14H15NO. The Bertz CT molecular complexity index is 576. The van der Waals surface area contributed by atoms with Crippen molar-refractivity contribution < 1.29 is 4.79 Å². The molecule has 0 bridgehead atoms. The van der Waals surface area contributed by atoms with Crippen LogP contribution in [0.3, 0.4) is 0 Å². The van der Waals surface area contributed by atoms with Crippen molar-refractivity contribution in [3.63, 3.8) is 0 Å². The Morgan fingerprint density at radius 1 is 1.31 bits per heavy atom. The van der Waals surface area contributed by atoms with Gasteiger partial charge in [-0.25, -0.2) is 0 Å². The number of para-hydroxylation sites is 1. The summed E-state index contributed by atoms with van der Waals surface area (Å²) >= 11 is 0. The van der Waals surface area contributed by atoms with Crippen LogP contribution in [0.15, 0.2) is 24.3 Å². The first-order chi connectivity index (χ1) is 7.70. The fourth-order valence-corrected chi connectivity index (χ4v) is 2.38. The molecule has 1 aromatic heterocycles. The Morgan fingerprint density at radius 2 is 2.00 bits per heavy atom. The van der Waals surface area contributed by atoms with Crippen molar-refractivity contribution in [3.05, 3.63) is 35.5 Å². The Hall–Kier alpha value is -1.57. The average molecular weight is 213 g/mol. The van der Waals surface area contributed by atoms with Crippen molar-refractivity contribution in [3.8, 4) is 0 Å². The highest BCUT2D eigenvalue weighted by molar-refractivity contribution is 6.11. The Labute approximate surface area is 94.9 Å². The Balaban J connectivity index is 2.29. The van der Waals surface area contributed by atoms with Gasteiger partial charge in [0.1, 0.15) is 0 Å². The van der Waals surface area contributed by atoms with Gasteiger partial charge in [0.25, 0.3) is 0 Å². The molecule has 0 unspecified atom stereocenters. The lowest BCUT2D eigenvalue weighted by Gasteiger charge is -1.99. The number of aromatic nitrogens is 1. The van der Waals surface area contributed by atoms with Gasteiger partial charge >= 0.3 is 0 Å². The smallest absolute Gasteiger partial charge is 0.168 e. The van der Waals surface area contributed by atoms with Gasteiger partial charge in [0, 0.05) is 35.1 Å². The molecule has 1 fully saturated rings. The zero-order valence-corrected chi connectivity index (χ0v) is 9.66. The second kappa shape index (κ2) is 3.21. The standard InChI is InChI=1S/C14H15NO/c1-9-13(14(16)10-7-8-10)11-5-3-4-6-12(11)15(9)2/h3-6,10H,7-8H2,1-2H3. The lowest BCUT2D eigenvalue weighted by atomic mass is 10.0. The van der Waals surface area contributed by atoms with Crippen LogP contribution in [0.1, 0.15) is 28.9 Å². The van der Waals surface area contributed by atoms with E-state index in [4.69, 9.17) is 0 Å². The molecule has 1 aromatic carbocycles. The molecule has 1 saturated carbocycles. The van der Waals surface area contributed by atoms with E-state index in [9.17, 15) is 4.79 Å². The summed E-state index contributed by atoms with van der Waals surface area (Å²) < 4.78 is 2.12. The number of ketones is 1. The van der Waals surface area contributed by atoms with Crippen LogP contribution < -0.4 is 0 Å². The topological polar surface area (TPSA) is 22.0 Å². The van der Waals surface area contributed by atoms with Crippen LogP contribution in [-0.4, -0.2) is 10.4 Å². The first-order valence-electron chi connectivity index (χ1n) is 5.78. The maximum atomic E-state index is 12.2. The minimum absolute atomic E-state index is 0.296. The summed E-state index contributed by atoms with van der Waals surface area (Å²) in [5.74, 6) is 0.638. The Kier molecular flexibility index (Phi) is 1.93. The zero-order chi connectivity index (χ0) is 11.3. The minimum Gasteiger partial charge on any atom is -0.347 e. The van der Waals surface area contributed by atoms with Crippen molar-refractivity contribution >= 4 is 16.7 Å². The molecule has 0 N–H and O–H groups in total. The summed E-state index contributed by atoms with van der Waals surface area (Å²) in [4.78, 5) is 12.2. The summed E-state index contributed by atoms with van der Waals surface area (Å²) in [6, 6.07) is 8.16. The van der Waals surface area contributed by atoms with E-state index < -0.39 is 0 Å². The van der Waals surface area contributed by atoms with Crippen LogP contribution in [-0.2, 0) is 7.05 Å². The highest BCUT2D eigenvalue weighted by Crippen LogP contribution is 2.36. The van der Waals surface area contributed by atoms with Gasteiger partial charge in [-0.2, -0.15) is 0 Å². The summed E-state index contributed by atoms with van der Waals surface area (Å²) in [6.45, 7) is 2.04. The quantitative estimate of drug-likeness (QED) is 0.703. The highest BCUT2D eigenvalue weighted by Gasteiger charge is 2.33. The third-order valence-corrected chi connectivity index (χ3v) is 3.59. The number of carbonyl (C=O) groups excluding carboxylic acids is 1. The minimum atomic E-state index is 0.296. The van der Waals surface area contributed by atoms with Gasteiger partial charge in [-0.15, -0.1) is 0 Å². The van der Waals surface area contributed by atoms with Crippen molar-refractivity contribution in [2.75, 3.05) is 0 Å². The van der Waals surface area contributed by atoms with Crippen LogP contribution >= 0.6 is 0 Å². The number of hydrogen-bond donors (Lipinski definition) is 0. The first-order valence-corrected chi connectivity index (χ1v) is 5.78. The summed E-state index contributed by atoms with van der Waals surface area (Å²) in [5, 5.41) is 1.11. The van der Waals surface area contributed by atoms with Crippen LogP contribution in [0.2, 0.25) is 0 Å². The van der Waals surface area contributed by atoms with Gasteiger partial charge < -0.3 is 4.57 Å². The summed E-state index contributed by atoms with van der Waals surface area (Å²) in [7, 11) is 2.03. The molecule has 0 amide bonds. The van der Waals surface area contributed by atoms with Crippen LogP contribution in [0.4, 0.5) is 0 Å². The molecule has 1 aliphatic rings. The third kappa shape index (κ3) is 1.22. The maximum Gasteiger partial charge on any atom is 0.168 e. The van der Waals surface area contributed by atoms with Crippen LogP contribution in [0.25, 0.3) is 10.9 Å². The molecule has 16 heavy (non-hydrogen) atoms. The molecule has 2 aromatic rings. The average Bonchev–Trinajstić information content (AvgIpc) is 3.09. The van der Waals surface area contributed by atoms with Gasteiger partial charge in [-0.05, 0) is 25.8 Å². The molecular weight excluding hydrogens is 198 g/mol. The number of fused-ring (bicyclic) bond motifs is 1. The molecule has 2 heteroatoms. The molecule has 3 rings (SSSR count). The normalized spacial score (nSPS) is 15.6. The second-order valence-corrected chi connectivity index (χ2v) is 4.68. The van der Waals surface area contributed by atoms with E-state index in [1.807, 2.05) is 26.1 Å². The number of carbonyl (C=O) groups is 1. The van der Waals surface area contributed by atoms with E-state index in [0.29, 0.717) is 11.7 Å². The first kappa shape index (κ1) is 9.64. The lowest BCUT2D eigenvalue weighted by molar-refractivity contribution is 0.0968.